The molecule has 10 heteroatoms. The van der Waals surface area contributed by atoms with E-state index in [1.54, 1.807) is 39.8 Å². The lowest BCUT2D eigenvalue weighted by molar-refractivity contribution is -0.143. The van der Waals surface area contributed by atoms with E-state index in [4.69, 9.17) is 4.74 Å². The molecule has 2 aromatic carbocycles. The molecule has 264 valence electrons. The van der Waals surface area contributed by atoms with Crippen LogP contribution < -0.4 is 16.0 Å². The van der Waals surface area contributed by atoms with Crippen LogP contribution >= 0.6 is 0 Å². The third kappa shape index (κ3) is 14.7. The minimum Gasteiger partial charge on any atom is -0.480 e. The summed E-state index contributed by atoms with van der Waals surface area (Å²) in [5, 5.41) is 17.6. The van der Waals surface area contributed by atoms with Gasteiger partial charge in [-0.1, -0.05) is 70.5 Å². The van der Waals surface area contributed by atoms with Crippen molar-refractivity contribution in [3.8, 4) is 11.1 Å². The molecule has 0 bridgehead atoms. The Bertz CT molecular complexity index is 1350. The highest BCUT2D eigenvalue weighted by Crippen LogP contribution is 2.22. The minimum atomic E-state index is -1.13. The highest BCUT2D eigenvalue weighted by atomic mass is 16.6. The first kappa shape index (κ1) is 40.0. The Kier molecular flexibility index (Phi) is 16.3. The summed E-state index contributed by atoms with van der Waals surface area (Å²) in [5.74, 6) is -3.15. The van der Waals surface area contributed by atoms with Gasteiger partial charge in [0.25, 0.3) is 5.91 Å². The number of carbonyl (C=O) groups excluding carboxylic acids is 4. The number of unbranched alkanes of at least 4 members (excludes halogenated alkanes) is 2. The first-order valence-electron chi connectivity index (χ1n) is 17.1. The van der Waals surface area contributed by atoms with Crippen molar-refractivity contribution < 1.29 is 33.8 Å². The molecule has 0 aliphatic heterocycles. The summed E-state index contributed by atoms with van der Waals surface area (Å²) in [6.07, 6.45) is 4.23. The van der Waals surface area contributed by atoms with Crippen LogP contribution in [0.5, 0.6) is 0 Å². The summed E-state index contributed by atoms with van der Waals surface area (Å²) >= 11 is 0. The van der Waals surface area contributed by atoms with E-state index in [0.717, 1.165) is 30.4 Å². The standard InChI is InChI=1S/C38H55N3O7/c1-8-9-12-27-14-16-28(17-15-27)29-18-20-30(21-19-29)35(44)40-31(13-10-11-22-39-37(47)48-38(5,6)7)33(42)24-26(4)34(43)41-32(36(45)46)23-25(2)3/h14-21,25-26,31-32H,8-13,22-24H2,1-7H3,(H,39,47)(H,40,44)(H,41,43)(H,45,46)/t26-,31+,32+/m1/s1. The number of benzene rings is 2. The SMILES string of the molecule is CCCCc1ccc(-c2ccc(C(=O)N[C@@H](CCCCNC(=O)OC(C)(C)C)C(=O)C[C@@H](C)C(=O)N[C@@H](CC(C)C)C(=O)O)cc2)cc1. The smallest absolute Gasteiger partial charge is 0.407 e. The molecule has 4 N–H and O–H groups in total. The number of carbonyl (C=O) groups is 5. The molecule has 48 heavy (non-hydrogen) atoms. The van der Waals surface area contributed by atoms with Crippen molar-refractivity contribution in [2.75, 3.05) is 6.54 Å². The summed E-state index contributed by atoms with van der Waals surface area (Å²) in [6, 6.07) is 13.7. The lowest BCUT2D eigenvalue weighted by Gasteiger charge is -2.22. The second kappa shape index (κ2) is 19.6. The quantitative estimate of drug-likeness (QED) is 0.122. The normalized spacial score (nSPS) is 13.2. The monoisotopic (exact) mass is 665 g/mol. The molecule has 0 aliphatic carbocycles. The number of ether oxygens (including phenoxy) is 1. The van der Waals surface area contributed by atoms with Gasteiger partial charge in [-0.15, -0.1) is 0 Å². The molecular weight excluding hydrogens is 610 g/mol. The van der Waals surface area contributed by atoms with Crippen LogP contribution in [0.4, 0.5) is 4.79 Å². The predicted molar refractivity (Wildman–Crippen MR) is 188 cm³/mol. The van der Waals surface area contributed by atoms with Gasteiger partial charge in [0.2, 0.25) is 5.91 Å². The molecule has 3 atom stereocenters. The summed E-state index contributed by atoms with van der Waals surface area (Å²) < 4.78 is 5.25. The van der Waals surface area contributed by atoms with Crippen LogP contribution in [0, 0.1) is 11.8 Å². The molecule has 0 heterocycles. The third-order valence-corrected chi connectivity index (χ3v) is 7.81. The average molecular weight is 666 g/mol. The van der Waals surface area contributed by atoms with E-state index in [9.17, 15) is 29.1 Å². The van der Waals surface area contributed by atoms with E-state index in [1.165, 1.54) is 5.56 Å². The molecule has 0 saturated carbocycles. The maximum atomic E-state index is 13.5. The van der Waals surface area contributed by atoms with Crippen LogP contribution in [0.1, 0.15) is 109 Å². The number of aryl methyl sites for hydroxylation is 1. The minimum absolute atomic E-state index is 0.0536. The van der Waals surface area contributed by atoms with Crippen LogP contribution in [0.15, 0.2) is 48.5 Å². The topological polar surface area (TPSA) is 151 Å². The van der Waals surface area contributed by atoms with Crippen molar-refractivity contribution in [1.82, 2.24) is 16.0 Å². The number of rotatable bonds is 19. The molecule has 0 aliphatic rings. The van der Waals surface area contributed by atoms with Gasteiger partial charge in [-0.05, 0) is 94.0 Å². The summed E-state index contributed by atoms with van der Waals surface area (Å²) in [6.45, 7) is 13.1. The van der Waals surface area contributed by atoms with Gasteiger partial charge < -0.3 is 25.8 Å². The van der Waals surface area contributed by atoms with Gasteiger partial charge in [0.05, 0.1) is 6.04 Å². The lowest BCUT2D eigenvalue weighted by Crippen LogP contribution is -2.46. The second-order valence-corrected chi connectivity index (χ2v) is 13.9. The fourth-order valence-electron chi connectivity index (χ4n) is 5.14. The maximum absolute atomic E-state index is 13.5. The number of hydrogen-bond donors (Lipinski definition) is 4. The number of hydrogen-bond acceptors (Lipinski definition) is 6. The Balaban J connectivity index is 2.10. The fraction of sp³-hybridized carbons (Fsp3) is 0.553. The number of nitrogens with one attached hydrogen (secondary N) is 3. The zero-order valence-corrected chi connectivity index (χ0v) is 29.7. The Hall–Kier alpha value is -4.21. The van der Waals surface area contributed by atoms with E-state index < -0.39 is 47.5 Å². The maximum Gasteiger partial charge on any atom is 0.407 e. The first-order valence-corrected chi connectivity index (χ1v) is 17.1. The van der Waals surface area contributed by atoms with Gasteiger partial charge in [-0.25, -0.2) is 9.59 Å². The van der Waals surface area contributed by atoms with Crippen molar-refractivity contribution in [2.45, 2.75) is 118 Å². The van der Waals surface area contributed by atoms with Crippen molar-refractivity contribution in [3.05, 3.63) is 59.7 Å². The molecule has 2 rings (SSSR count). The Labute approximate surface area is 285 Å². The number of aliphatic carboxylic acids is 1. The largest absolute Gasteiger partial charge is 0.480 e. The summed E-state index contributed by atoms with van der Waals surface area (Å²) in [4.78, 5) is 63.3. The Morgan fingerprint density at radius 1 is 0.812 bits per heavy atom. The molecule has 0 fully saturated rings. The molecule has 3 amide bonds. The molecular formula is C38H55N3O7. The Morgan fingerprint density at radius 3 is 1.96 bits per heavy atom. The van der Waals surface area contributed by atoms with E-state index in [1.807, 2.05) is 26.0 Å². The van der Waals surface area contributed by atoms with Gasteiger partial charge in [0.1, 0.15) is 11.6 Å². The Morgan fingerprint density at radius 2 is 1.42 bits per heavy atom. The van der Waals surface area contributed by atoms with Crippen molar-refractivity contribution in [3.63, 3.8) is 0 Å². The van der Waals surface area contributed by atoms with Crippen molar-refractivity contribution in [2.24, 2.45) is 11.8 Å². The zero-order valence-electron chi connectivity index (χ0n) is 29.7. The van der Waals surface area contributed by atoms with Crippen LogP contribution in [0.3, 0.4) is 0 Å². The van der Waals surface area contributed by atoms with E-state index in [0.29, 0.717) is 31.4 Å². The predicted octanol–water partition coefficient (Wildman–Crippen LogP) is 6.70. The third-order valence-electron chi connectivity index (χ3n) is 7.81. The summed E-state index contributed by atoms with van der Waals surface area (Å²) in [7, 11) is 0. The molecule has 2 aromatic rings. The van der Waals surface area contributed by atoms with Gasteiger partial charge >= 0.3 is 12.1 Å². The van der Waals surface area contributed by atoms with Crippen molar-refractivity contribution >= 4 is 29.7 Å². The first-order chi connectivity index (χ1) is 22.6. The van der Waals surface area contributed by atoms with Crippen LogP contribution in [-0.2, 0) is 25.5 Å². The molecule has 0 saturated heterocycles. The van der Waals surface area contributed by atoms with Crippen LogP contribution in [-0.4, -0.2) is 59.0 Å². The molecule has 10 nitrogen and oxygen atoms in total. The van der Waals surface area contributed by atoms with Gasteiger partial charge in [0, 0.05) is 24.4 Å². The van der Waals surface area contributed by atoms with E-state index >= 15 is 0 Å². The number of Topliss-reactive ketones (excluding diaryl/α,β-unsaturated/α-hetero) is 1. The average Bonchev–Trinajstić information content (AvgIpc) is 3.01. The number of ketones is 1. The van der Waals surface area contributed by atoms with E-state index in [2.05, 4.69) is 47.1 Å². The lowest BCUT2D eigenvalue weighted by atomic mass is 9.95. The number of carboxylic acids is 1. The highest BCUT2D eigenvalue weighted by Gasteiger charge is 2.28. The zero-order chi connectivity index (χ0) is 35.9. The van der Waals surface area contributed by atoms with Gasteiger partial charge in [0.15, 0.2) is 5.78 Å². The van der Waals surface area contributed by atoms with Crippen LogP contribution in [0.25, 0.3) is 11.1 Å². The highest BCUT2D eigenvalue weighted by molar-refractivity contribution is 5.99. The molecule has 0 radical (unpaired) electrons. The molecule has 0 unspecified atom stereocenters. The summed E-state index contributed by atoms with van der Waals surface area (Å²) in [5.41, 5.74) is 3.07. The number of carboxylic acid groups (broad SMARTS) is 1. The number of amides is 3. The van der Waals surface area contributed by atoms with E-state index in [-0.39, 0.29) is 24.5 Å². The fourth-order valence-corrected chi connectivity index (χ4v) is 5.14. The second-order valence-electron chi connectivity index (χ2n) is 13.9. The van der Waals surface area contributed by atoms with Gasteiger partial charge in [-0.2, -0.15) is 0 Å². The molecule has 0 spiro atoms. The molecule has 0 aromatic heterocycles. The van der Waals surface area contributed by atoms with Gasteiger partial charge in [-0.3, -0.25) is 14.4 Å². The van der Waals surface area contributed by atoms with Crippen molar-refractivity contribution in [1.29, 1.82) is 0 Å². The number of alkyl carbamates (subject to hydrolysis) is 1. The van der Waals surface area contributed by atoms with Crippen LogP contribution in [0.2, 0.25) is 0 Å².